The van der Waals surface area contributed by atoms with E-state index in [0.29, 0.717) is 6.04 Å². The van der Waals surface area contributed by atoms with Gasteiger partial charge in [-0.15, -0.1) is 11.3 Å². The number of anilines is 1. The Hall–Kier alpha value is -2.01. The summed E-state index contributed by atoms with van der Waals surface area (Å²) in [6.45, 7) is 6.28. The van der Waals surface area contributed by atoms with Crippen molar-refractivity contribution in [2.75, 3.05) is 31.1 Å². The van der Waals surface area contributed by atoms with Gasteiger partial charge < -0.3 is 15.5 Å². The first-order valence-corrected chi connectivity index (χ1v) is 12.1. The van der Waals surface area contributed by atoms with Crippen LogP contribution in [0.25, 0.3) is 0 Å². The summed E-state index contributed by atoms with van der Waals surface area (Å²) in [4.78, 5) is 7.53. The van der Waals surface area contributed by atoms with E-state index in [1.165, 1.54) is 30.7 Å². The Bertz CT molecular complexity index is 838. The van der Waals surface area contributed by atoms with Gasteiger partial charge in [-0.3, -0.25) is 4.99 Å². The lowest BCUT2D eigenvalue weighted by atomic mass is 9.92. The first-order valence-electron chi connectivity index (χ1n) is 11.2. The molecule has 29 heavy (non-hydrogen) atoms. The quantitative estimate of drug-likeness (QED) is 0.574. The highest BCUT2D eigenvalue weighted by Gasteiger charge is 2.52. The number of hydrogen-bond acceptors (Lipinski definition) is 3. The van der Waals surface area contributed by atoms with Crippen LogP contribution < -0.4 is 15.5 Å². The van der Waals surface area contributed by atoms with Crippen LogP contribution in [0.2, 0.25) is 0 Å². The molecule has 5 rings (SSSR count). The second-order valence-corrected chi connectivity index (χ2v) is 9.59. The molecular formula is C24H32N4S. The molecule has 0 bridgehead atoms. The molecule has 0 radical (unpaired) electrons. The number of hydrogen-bond donors (Lipinski definition) is 2. The Balaban J connectivity index is 1.17. The van der Waals surface area contributed by atoms with Gasteiger partial charge in [-0.05, 0) is 79.0 Å². The second-order valence-electron chi connectivity index (χ2n) is 8.67. The Labute approximate surface area is 178 Å². The third-order valence-electron chi connectivity index (χ3n) is 6.95. The van der Waals surface area contributed by atoms with Crippen molar-refractivity contribution < 1.29 is 0 Å². The van der Waals surface area contributed by atoms with Gasteiger partial charge in [-0.1, -0.05) is 24.3 Å². The minimum atomic E-state index is 0.520. The highest BCUT2D eigenvalue weighted by molar-refractivity contribution is 7.14. The van der Waals surface area contributed by atoms with Crippen LogP contribution in [0.4, 0.5) is 5.00 Å². The van der Waals surface area contributed by atoms with Crippen LogP contribution in [0, 0.1) is 11.8 Å². The van der Waals surface area contributed by atoms with Crippen LogP contribution in [-0.4, -0.2) is 38.2 Å². The Kier molecular flexibility index (Phi) is 5.49. The van der Waals surface area contributed by atoms with E-state index >= 15 is 0 Å². The number of thiophene rings is 1. The van der Waals surface area contributed by atoms with E-state index in [-0.39, 0.29) is 0 Å². The monoisotopic (exact) mass is 408 g/mol. The summed E-state index contributed by atoms with van der Waals surface area (Å²) in [6.07, 6.45) is 4.93. The maximum atomic E-state index is 5.02. The molecule has 5 heteroatoms. The fraction of sp³-hybridized carbons (Fsp3) is 0.542. The first-order chi connectivity index (χ1) is 14.3. The number of fused-ring (bicyclic) bond motifs is 3. The molecule has 2 aliphatic carbocycles. The summed E-state index contributed by atoms with van der Waals surface area (Å²) in [5, 5.41) is 10.8. The van der Waals surface area contributed by atoms with Crippen LogP contribution in [-0.2, 0) is 6.42 Å². The zero-order valence-corrected chi connectivity index (χ0v) is 18.1. The molecule has 3 unspecified atom stereocenters. The van der Waals surface area contributed by atoms with Gasteiger partial charge in [0.2, 0.25) is 0 Å². The van der Waals surface area contributed by atoms with Crippen molar-refractivity contribution in [3.05, 3.63) is 52.9 Å². The zero-order valence-electron chi connectivity index (χ0n) is 17.3. The average Bonchev–Trinajstić information content (AvgIpc) is 3.19. The molecule has 2 N–H and O–H groups in total. The standard InChI is InChI=1S/C24H32N4S/c1-2-25-24(27-18-11-13-28(14-12-18)22-8-5-15-29-22)26-16-21-20-10-9-17-6-3-4-7-19(17)23(20)21/h3-8,15,18,20-21,23H,2,9-14,16H2,1H3,(H2,25,26,27). The van der Waals surface area contributed by atoms with Crippen molar-refractivity contribution in [3.63, 3.8) is 0 Å². The summed E-state index contributed by atoms with van der Waals surface area (Å²) < 4.78 is 0. The predicted molar refractivity (Wildman–Crippen MR) is 123 cm³/mol. The SMILES string of the molecule is CCNC(=NCC1C2CCc3ccccc3C21)NC1CCN(c2cccs2)CC1. The fourth-order valence-electron chi connectivity index (χ4n) is 5.36. The highest BCUT2D eigenvalue weighted by Crippen LogP contribution is 2.59. The molecule has 1 aromatic heterocycles. The molecule has 1 saturated carbocycles. The maximum Gasteiger partial charge on any atom is 0.191 e. The van der Waals surface area contributed by atoms with E-state index in [1.807, 2.05) is 11.3 Å². The van der Waals surface area contributed by atoms with Gasteiger partial charge in [-0.25, -0.2) is 0 Å². The number of aryl methyl sites for hydroxylation is 1. The lowest BCUT2D eigenvalue weighted by Gasteiger charge is -2.33. The molecule has 4 nitrogen and oxygen atoms in total. The third-order valence-corrected chi connectivity index (χ3v) is 7.88. The summed E-state index contributed by atoms with van der Waals surface area (Å²) in [5.41, 5.74) is 3.17. The fourth-order valence-corrected chi connectivity index (χ4v) is 6.15. The van der Waals surface area contributed by atoms with Gasteiger partial charge >= 0.3 is 0 Å². The minimum Gasteiger partial charge on any atom is -0.363 e. The molecule has 1 saturated heterocycles. The van der Waals surface area contributed by atoms with Gasteiger partial charge in [0.15, 0.2) is 5.96 Å². The molecule has 3 aliphatic rings. The maximum absolute atomic E-state index is 5.02. The highest BCUT2D eigenvalue weighted by atomic mass is 32.1. The third kappa shape index (κ3) is 4.02. The molecule has 2 aromatic rings. The van der Waals surface area contributed by atoms with E-state index in [2.05, 4.69) is 64.2 Å². The Morgan fingerprint density at radius 1 is 1.14 bits per heavy atom. The van der Waals surface area contributed by atoms with Gasteiger partial charge in [0.25, 0.3) is 0 Å². The molecule has 1 aromatic carbocycles. The number of rotatable bonds is 5. The van der Waals surface area contributed by atoms with Crippen LogP contribution in [0.5, 0.6) is 0 Å². The lowest BCUT2D eigenvalue weighted by Crippen LogP contribution is -2.48. The number of guanidine groups is 1. The molecule has 0 amide bonds. The summed E-state index contributed by atoms with van der Waals surface area (Å²) >= 11 is 1.85. The van der Waals surface area contributed by atoms with E-state index in [1.54, 1.807) is 11.1 Å². The number of benzene rings is 1. The first kappa shape index (κ1) is 19.0. The minimum absolute atomic E-state index is 0.520. The van der Waals surface area contributed by atoms with E-state index in [9.17, 15) is 0 Å². The molecule has 3 atom stereocenters. The van der Waals surface area contributed by atoms with Crippen molar-refractivity contribution in [3.8, 4) is 0 Å². The van der Waals surface area contributed by atoms with Crippen molar-refractivity contribution in [1.29, 1.82) is 0 Å². The largest absolute Gasteiger partial charge is 0.363 e. The van der Waals surface area contributed by atoms with Gasteiger partial charge in [0, 0.05) is 32.2 Å². The number of nitrogens with one attached hydrogen (secondary N) is 2. The Morgan fingerprint density at radius 2 is 2.00 bits per heavy atom. The molecule has 154 valence electrons. The normalized spacial score (nSPS) is 26.6. The number of nitrogens with zero attached hydrogens (tertiary/aromatic N) is 2. The topological polar surface area (TPSA) is 39.7 Å². The smallest absolute Gasteiger partial charge is 0.191 e. The van der Waals surface area contributed by atoms with Crippen molar-refractivity contribution in [2.24, 2.45) is 16.8 Å². The molecule has 2 heterocycles. The van der Waals surface area contributed by atoms with Crippen LogP contribution in [0.3, 0.4) is 0 Å². The molecule has 0 spiro atoms. The van der Waals surface area contributed by atoms with Crippen LogP contribution >= 0.6 is 11.3 Å². The predicted octanol–water partition coefficient (Wildman–Crippen LogP) is 4.25. The lowest BCUT2D eigenvalue weighted by molar-refractivity contribution is 0.462. The molecule has 1 aliphatic heterocycles. The second kappa shape index (κ2) is 8.39. The number of aliphatic imine (C=N–C) groups is 1. The van der Waals surface area contributed by atoms with Crippen molar-refractivity contribution in [1.82, 2.24) is 10.6 Å². The summed E-state index contributed by atoms with van der Waals surface area (Å²) in [6, 6.07) is 14.0. The van der Waals surface area contributed by atoms with E-state index in [0.717, 1.165) is 49.9 Å². The summed E-state index contributed by atoms with van der Waals surface area (Å²) in [5.74, 6) is 3.35. The van der Waals surface area contributed by atoms with Crippen LogP contribution in [0.1, 0.15) is 43.2 Å². The summed E-state index contributed by atoms with van der Waals surface area (Å²) in [7, 11) is 0. The molecule has 2 fully saturated rings. The van der Waals surface area contributed by atoms with Gasteiger partial charge in [-0.2, -0.15) is 0 Å². The van der Waals surface area contributed by atoms with E-state index < -0.39 is 0 Å². The molecular weight excluding hydrogens is 376 g/mol. The van der Waals surface area contributed by atoms with Gasteiger partial charge in [0.05, 0.1) is 5.00 Å². The average molecular weight is 409 g/mol. The van der Waals surface area contributed by atoms with Crippen LogP contribution in [0.15, 0.2) is 46.8 Å². The zero-order chi connectivity index (χ0) is 19.6. The van der Waals surface area contributed by atoms with Crippen molar-refractivity contribution >= 4 is 22.3 Å². The van der Waals surface area contributed by atoms with Gasteiger partial charge in [0.1, 0.15) is 0 Å². The Morgan fingerprint density at radius 3 is 2.79 bits per heavy atom. The van der Waals surface area contributed by atoms with E-state index in [4.69, 9.17) is 4.99 Å². The number of piperidine rings is 1. The van der Waals surface area contributed by atoms with Crippen molar-refractivity contribution in [2.45, 2.75) is 44.6 Å².